The molecule has 1 fully saturated rings. The van der Waals surface area contributed by atoms with Crippen LogP contribution >= 0.6 is 34.2 Å². The van der Waals surface area contributed by atoms with E-state index in [2.05, 4.69) is 33.6 Å². The Hall–Kier alpha value is -1.78. The number of carbonyl (C=O) groups is 1. The quantitative estimate of drug-likeness (QED) is 0.626. The van der Waals surface area contributed by atoms with Crippen molar-refractivity contribution in [3.8, 4) is 6.07 Å². The number of nitrogens with zero attached hydrogens (tertiary/aromatic N) is 3. The van der Waals surface area contributed by atoms with E-state index in [0.29, 0.717) is 22.7 Å². The molecule has 1 heterocycles. The van der Waals surface area contributed by atoms with Crippen LogP contribution in [0.15, 0.2) is 42.5 Å². The Morgan fingerprint density at radius 1 is 1.08 bits per heavy atom. The van der Waals surface area contributed by atoms with E-state index in [1.54, 1.807) is 12.1 Å². The van der Waals surface area contributed by atoms with Crippen LogP contribution < -0.4 is 4.90 Å². The molecule has 3 rings (SSSR count). The molecule has 1 saturated heterocycles. The van der Waals surface area contributed by atoms with E-state index in [9.17, 15) is 4.79 Å². The summed E-state index contributed by atoms with van der Waals surface area (Å²) in [4.78, 5) is 17.0. The second-order valence-electron chi connectivity index (χ2n) is 5.92. The smallest absolute Gasteiger partial charge is 0.255 e. The molecular formula is C19H17ClIN3O. The summed E-state index contributed by atoms with van der Waals surface area (Å²) < 4.78 is 0.917. The average molecular weight is 466 g/mol. The minimum absolute atomic E-state index is 0.0357. The second kappa shape index (κ2) is 8.07. The van der Waals surface area contributed by atoms with E-state index in [-0.39, 0.29) is 5.91 Å². The van der Waals surface area contributed by atoms with E-state index in [1.165, 1.54) is 0 Å². The second-order valence-corrected chi connectivity index (χ2v) is 7.51. The first-order valence-electron chi connectivity index (χ1n) is 8.08. The van der Waals surface area contributed by atoms with E-state index in [1.807, 2.05) is 35.2 Å². The Morgan fingerprint density at radius 2 is 1.84 bits per heavy atom. The van der Waals surface area contributed by atoms with Crippen LogP contribution in [0.5, 0.6) is 0 Å². The fraction of sp³-hybridized carbons (Fsp3) is 0.263. The Balaban J connectivity index is 1.71. The molecule has 0 radical (unpaired) electrons. The standard InChI is InChI=1S/C19H17ClIN3O/c20-15-4-7-18(21)17(12-15)19(25)24-9-1-8-23(10-11-24)16-5-2-14(13-22)3-6-16/h2-7,12H,1,8-11H2. The number of hydrogen-bond donors (Lipinski definition) is 0. The molecular weight excluding hydrogens is 449 g/mol. The molecule has 2 aromatic rings. The highest BCUT2D eigenvalue weighted by molar-refractivity contribution is 14.1. The van der Waals surface area contributed by atoms with Crippen molar-refractivity contribution in [3.63, 3.8) is 0 Å². The molecule has 4 nitrogen and oxygen atoms in total. The van der Waals surface area contributed by atoms with Gasteiger partial charge in [0.15, 0.2) is 0 Å². The van der Waals surface area contributed by atoms with Crippen LogP contribution in [0.25, 0.3) is 0 Å². The molecule has 128 valence electrons. The zero-order valence-corrected chi connectivity index (χ0v) is 16.5. The van der Waals surface area contributed by atoms with E-state index in [0.717, 1.165) is 35.3 Å². The Kier molecular flexibility index (Phi) is 5.82. The monoisotopic (exact) mass is 465 g/mol. The first-order chi connectivity index (χ1) is 12.1. The largest absolute Gasteiger partial charge is 0.370 e. The predicted octanol–water partition coefficient (Wildman–Crippen LogP) is 4.17. The lowest BCUT2D eigenvalue weighted by Crippen LogP contribution is -2.35. The summed E-state index contributed by atoms with van der Waals surface area (Å²) in [6, 6.07) is 15.2. The molecule has 1 amide bonds. The third-order valence-corrected chi connectivity index (χ3v) is 5.48. The average Bonchev–Trinajstić information content (AvgIpc) is 2.89. The van der Waals surface area contributed by atoms with Crippen LogP contribution in [-0.4, -0.2) is 37.0 Å². The fourth-order valence-electron chi connectivity index (χ4n) is 2.96. The minimum Gasteiger partial charge on any atom is -0.370 e. The first-order valence-corrected chi connectivity index (χ1v) is 9.53. The number of rotatable bonds is 2. The van der Waals surface area contributed by atoms with Crippen molar-refractivity contribution in [2.24, 2.45) is 0 Å². The molecule has 1 aliphatic rings. The van der Waals surface area contributed by atoms with Crippen molar-refractivity contribution in [2.45, 2.75) is 6.42 Å². The molecule has 6 heteroatoms. The van der Waals surface area contributed by atoms with Crippen LogP contribution in [0.4, 0.5) is 5.69 Å². The Morgan fingerprint density at radius 3 is 2.56 bits per heavy atom. The topological polar surface area (TPSA) is 47.3 Å². The van der Waals surface area contributed by atoms with Crippen LogP contribution in [0.2, 0.25) is 5.02 Å². The first kappa shape index (κ1) is 18.0. The Labute approximate surface area is 166 Å². The van der Waals surface area contributed by atoms with Gasteiger partial charge in [-0.3, -0.25) is 4.79 Å². The summed E-state index contributed by atoms with van der Waals surface area (Å²) >= 11 is 8.23. The minimum atomic E-state index is 0.0357. The molecule has 2 aromatic carbocycles. The van der Waals surface area contributed by atoms with Gasteiger partial charge in [0.25, 0.3) is 5.91 Å². The van der Waals surface area contributed by atoms with Gasteiger partial charge in [-0.25, -0.2) is 0 Å². The third kappa shape index (κ3) is 4.25. The molecule has 0 aromatic heterocycles. The van der Waals surface area contributed by atoms with Crippen molar-refractivity contribution in [1.82, 2.24) is 4.90 Å². The summed E-state index contributed by atoms with van der Waals surface area (Å²) in [6.45, 7) is 3.06. The van der Waals surface area contributed by atoms with Crippen molar-refractivity contribution in [2.75, 3.05) is 31.1 Å². The molecule has 0 spiro atoms. The molecule has 0 N–H and O–H groups in total. The van der Waals surface area contributed by atoms with Gasteiger partial charge < -0.3 is 9.80 Å². The highest BCUT2D eigenvalue weighted by atomic mass is 127. The third-order valence-electron chi connectivity index (χ3n) is 4.30. The van der Waals surface area contributed by atoms with Gasteiger partial charge in [0.2, 0.25) is 0 Å². The van der Waals surface area contributed by atoms with Gasteiger partial charge in [-0.05, 0) is 71.5 Å². The van der Waals surface area contributed by atoms with Crippen molar-refractivity contribution in [1.29, 1.82) is 5.26 Å². The van der Waals surface area contributed by atoms with Gasteiger partial charge >= 0.3 is 0 Å². The van der Waals surface area contributed by atoms with Gasteiger partial charge in [0.05, 0.1) is 17.2 Å². The zero-order valence-electron chi connectivity index (χ0n) is 13.6. The summed E-state index contributed by atoms with van der Waals surface area (Å²) in [5.41, 5.74) is 2.41. The number of carbonyl (C=O) groups excluding carboxylic acids is 1. The number of benzene rings is 2. The fourth-order valence-corrected chi connectivity index (χ4v) is 3.70. The van der Waals surface area contributed by atoms with E-state index >= 15 is 0 Å². The molecule has 0 atom stereocenters. The van der Waals surface area contributed by atoms with Gasteiger partial charge in [-0.1, -0.05) is 11.6 Å². The molecule has 25 heavy (non-hydrogen) atoms. The van der Waals surface area contributed by atoms with Crippen LogP contribution in [0.3, 0.4) is 0 Å². The number of hydrogen-bond acceptors (Lipinski definition) is 3. The SMILES string of the molecule is N#Cc1ccc(N2CCCN(C(=O)c3cc(Cl)ccc3I)CC2)cc1. The highest BCUT2D eigenvalue weighted by Crippen LogP contribution is 2.22. The maximum atomic E-state index is 12.9. The van der Waals surface area contributed by atoms with E-state index < -0.39 is 0 Å². The van der Waals surface area contributed by atoms with Crippen molar-refractivity contribution >= 4 is 45.8 Å². The van der Waals surface area contributed by atoms with Gasteiger partial charge in [0, 0.05) is 40.5 Å². The number of halogens is 2. The predicted molar refractivity (Wildman–Crippen MR) is 108 cm³/mol. The van der Waals surface area contributed by atoms with Gasteiger partial charge in [0.1, 0.15) is 0 Å². The molecule has 1 aliphatic heterocycles. The molecule has 0 unspecified atom stereocenters. The van der Waals surface area contributed by atoms with Crippen LogP contribution in [-0.2, 0) is 0 Å². The Bertz CT molecular complexity index is 816. The lowest BCUT2D eigenvalue weighted by molar-refractivity contribution is 0.0766. The molecule has 0 bridgehead atoms. The van der Waals surface area contributed by atoms with Crippen molar-refractivity contribution in [3.05, 3.63) is 62.2 Å². The normalized spacial score (nSPS) is 14.8. The highest BCUT2D eigenvalue weighted by Gasteiger charge is 2.22. The molecule has 0 saturated carbocycles. The summed E-state index contributed by atoms with van der Waals surface area (Å²) in [7, 11) is 0. The summed E-state index contributed by atoms with van der Waals surface area (Å²) in [6.07, 6.45) is 0.906. The maximum absolute atomic E-state index is 12.9. The van der Waals surface area contributed by atoms with Gasteiger partial charge in [-0.2, -0.15) is 5.26 Å². The number of amides is 1. The van der Waals surface area contributed by atoms with Crippen molar-refractivity contribution < 1.29 is 4.79 Å². The van der Waals surface area contributed by atoms with Gasteiger partial charge in [-0.15, -0.1) is 0 Å². The summed E-state index contributed by atoms with van der Waals surface area (Å²) in [5, 5.41) is 9.49. The number of anilines is 1. The molecule has 0 aliphatic carbocycles. The van der Waals surface area contributed by atoms with Crippen LogP contribution in [0.1, 0.15) is 22.3 Å². The number of nitriles is 1. The zero-order chi connectivity index (χ0) is 17.8. The van der Waals surface area contributed by atoms with Crippen LogP contribution in [0, 0.1) is 14.9 Å². The summed E-state index contributed by atoms with van der Waals surface area (Å²) in [5.74, 6) is 0.0357. The lowest BCUT2D eigenvalue weighted by atomic mass is 10.2. The maximum Gasteiger partial charge on any atom is 0.255 e. The lowest BCUT2D eigenvalue weighted by Gasteiger charge is -2.24. The van der Waals surface area contributed by atoms with E-state index in [4.69, 9.17) is 16.9 Å².